The maximum atomic E-state index is 12.2. The van der Waals surface area contributed by atoms with Crippen molar-refractivity contribution in [3.63, 3.8) is 0 Å². The molecule has 1 heterocycles. The lowest BCUT2D eigenvalue weighted by Gasteiger charge is -2.07. The number of aryl methyl sites for hydroxylation is 1. The quantitative estimate of drug-likeness (QED) is 0.797. The number of benzene rings is 1. The molecule has 1 aromatic heterocycles. The van der Waals surface area contributed by atoms with Crippen molar-refractivity contribution >= 4 is 17.4 Å². The van der Waals surface area contributed by atoms with Crippen LogP contribution < -0.4 is 4.74 Å². The highest BCUT2D eigenvalue weighted by molar-refractivity contribution is 6.30. The lowest BCUT2D eigenvalue weighted by Crippen LogP contribution is -2.05. The number of hydrogen-bond donors (Lipinski definition) is 0. The van der Waals surface area contributed by atoms with Crippen LogP contribution in [0.15, 0.2) is 30.6 Å². The van der Waals surface area contributed by atoms with Gasteiger partial charge in [0.05, 0.1) is 18.9 Å². The summed E-state index contributed by atoms with van der Waals surface area (Å²) >= 11 is 5.86. The summed E-state index contributed by atoms with van der Waals surface area (Å²) in [5.74, 6) is 0.480. The van der Waals surface area contributed by atoms with Gasteiger partial charge in [-0.3, -0.25) is 9.48 Å². The van der Waals surface area contributed by atoms with Crippen molar-refractivity contribution in [3.05, 3.63) is 46.7 Å². The average molecular weight is 265 g/mol. The summed E-state index contributed by atoms with van der Waals surface area (Å²) in [6, 6.07) is 5.00. The third-order valence-electron chi connectivity index (χ3n) is 2.59. The Kier molecular flexibility index (Phi) is 3.67. The van der Waals surface area contributed by atoms with Gasteiger partial charge >= 0.3 is 0 Å². The SMILES string of the molecule is COc1cc(Cl)ccc1C(=O)Cc1cnn(C)c1. The van der Waals surface area contributed by atoms with E-state index in [-0.39, 0.29) is 5.78 Å². The third-order valence-corrected chi connectivity index (χ3v) is 2.82. The van der Waals surface area contributed by atoms with Gasteiger partial charge in [0, 0.05) is 24.7 Å². The minimum absolute atomic E-state index is 0.0171. The highest BCUT2D eigenvalue weighted by Gasteiger charge is 2.14. The molecule has 0 unspecified atom stereocenters. The maximum Gasteiger partial charge on any atom is 0.171 e. The van der Waals surface area contributed by atoms with E-state index in [1.165, 1.54) is 7.11 Å². The van der Waals surface area contributed by atoms with Gasteiger partial charge in [-0.1, -0.05) is 11.6 Å². The van der Waals surface area contributed by atoms with Gasteiger partial charge in [0.1, 0.15) is 5.75 Å². The molecule has 5 heteroatoms. The molecule has 2 rings (SSSR count). The summed E-state index contributed by atoms with van der Waals surface area (Å²) in [5, 5.41) is 4.58. The summed E-state index contributed by atoms with van der Waals surface area (Å²) in [4.78, 5) is 12.2. The molecule has 0 aliphatic rings. The summed E-state index contributed by atoms with van der Waals surface area (Å²) in [6.07, 6.45) is 3.80. The normalized spacial score (nSPS) is 10.4. The molecule has 0 spiro atoms. The van der Waals surface area contributed by atoms with Crippen molar-refractivity contribution < 1.29 is 9.53 Å². The Labute approximate surface area is 110 Å². The predicted molar refractivity (Wildman–Crippen MR) is 69.2 cm³/mol. The molecule has 18 heavy (non-hydrogen) atoms. The van der Waals surface area contributed by atoms with Crippen molar-refractivity contribution in [3.8, 4) is 5.75 Å². The number of methoxy groups -OCH3 is 1. The molecule has 1 aromatic carbocycles. The van der Waals surface area contributed by atoms with E-state index in [1.807, 2.05) is 13.2 Å². The predicted octanol–water partition coefficient (Wildman–Crippen LogP) is 2.51. The zero-order valence-electron chi connectivity index (χ0n) is 10.2. The summed E-state index contributed by atoms with van der Waals surface area (Å²) in [6.45, 7) is 0. The van der Waals surface area contributed by atoms with Gasteiger partial charge in [-0.2, -0.15) is 5.10 Å². The zero-order valence-corrected chi connectivity index (χ0v) is 10.9. The first-order valence-corrected chi connectivity index (χ1v) is 5.82. The first-order chi connectivity index (χ1) is 8.60. The van der Waals surface area contributed by atoms with Gasteiger partial charge in [-0.05, 0) is 23.8 Å². The van der Waals surface area contributed by atoms with E-state index in [1.54, 1.807) is 29.1 Å². The molecule has 0 amide bonds. The number of nitrogens with zero attached hydrogens (tertiary/aromatic N) is 2. The van der Waals surface area contributed by atoms with Crippen molar-refractivity contribution in [2.24, 2.45) is 7.05 Å². The van der Waals surface area contributed by atoms with Gasteiger partial charge < -0.3 is 4.74 Å². The molecule has 0 fully saturated rings. The lowest BCUT2D eigenvalue weighted by atomic mass is 10.0. The van der Waals surface area contributed by atoms with Gasteiger partial charge in [-0.15, -0.1) is 0 Å². The van der Waals surface area contributed by atoms with Crippen LogP contribution in [0.3, 0.4) is 0 Å². The molecule has 0 aliphatic heterocycles. The molecule has 0 bridgehead atoms. The molecule has 0 N–H and O–H groups in total. The third kappa shape index (κ3) is 2.71. The zero-order chi connectivity index (χ0) is 13.1. The standard InChI is InChI=1S/C13H13ClN2O2/c1-16-8-9(7-15-16)5-12(17)11-4-3-10(14)6-13(11)18-2/h3-4,6-8H,5H2,1-2H3. The fourth-order valence-electron chi connectivity index (χ4n) is 1.74. The minimum Gasteiger partial charge on any atom is -0.496 e. The molecule has 0 atom stereocenters. The lowest BCUT2D eigenvalue weighted by molar-refractivity contribution is 0.0990. The Bertz CT molecular complexity index is 578. The van der Waals surface area contributed by atoms with Crippen LogP contribution in [-0.2, 0) is 13.5 Å². The van der Waals surface area contributed by atoms with Crippen LogP contribution in [0.1, 0.15) is 15.9 Å². The van der Waals surface area contributed by atoms with E-state index >= 15 is 0 Å². The molecular formula is C13H13ClN2O2. The summed E-state index contributed by atoms with van der Waals surface area (Å²) < 4.78 is 6.83. The van der Waals surface area contributed by atoms with Crippen LogP contribution in [0.5, 0.6) is 5.75 Å². The molecule has 0 aliphatic carbocycles. The second kappa shape index (κ2) is 5.23. The van der Waals surface area contributed by atoms with Crippen molar-refractivity contribution in [1.29, 1.82) is 0 Å². The minimum atomic E-state index is -0.0171. The van der Waals surface area contributed by atoms with Gasteiger partial charge in [-0.25, -0.2) is 0 Å². The topological polar surface area (TPSA) is 44.1 Å². The summed E-state index contributed by atoms with van der Waals surface area (Å²) in [7, 11) is 3.34. The Morgan fingerprint density at radius 3 is 2.89 bits per heavy atom. The van der Waals surface area contributed by atoms with Gasteiger partial charge in [0.2, 0.25) is 0 Å². The van der Waals surface area contributed by atoms with Crippen LogP contribution in [0, 0.1) is 0 Å². The van der Waals surface area contributed by atoms with E-state index < -0.39 is 0 Å². The number of ether oxygens (including phenoxy) is 1. The highest BCUT2D eigenvalue weighted by atomic mass is 35.5. The molecule has 2 aromatic rings. The highest BCUT2D eigenvalue weighted by Crippen LogP contribution is 2.24. The van der Waals surface area contributed by atoms with Gasteiger partial charge in [0.25, 0.3) is 0 Å². The van der Waals surface area contributed by atoms with Crippen molar-refractivity contribution in [2.75, 3.05) is 7.11 Å². The second-order valence-electron chi connectivity index (χ2n) is 3.97. The maximum absolute atomic E-state index is 12.2. The van der Waals surface area contributed by atoms with E-state index in [0.717, 1.165) is 5.56 Å². The fraction of sp³-hybridized carbons (Fsp3) is 0.231. The first kappa shape index (κ1) is 12.6. The molecule has 4 nitrogen and oxygen atoms in total. The molecule has 0 saturated carbocycles. The number of carbonyl (C=O) groups is 1. The molecule has 94 valence electrons. The van der Waals surface area contributed by atoms with Crippen molar-refractivity contribution in [2.45, 2.75) is 6.42 Å². The van der Waals surface area contributed by atoms with Crippen LogP contribution in [-0.4, -0.2) is 22.7 Å². The number of carbonyl (C=O) groups excluding carboxylic acids is 1. The number of aromatic nitrogens is 2. The van der Waals surface area contributed by atoms with Crippen LogP contribution in [0.2, 0.25) is 5.02 Å². The number of halogens is 1. The first-order valence-electron chi connectivity index (χ1n) is 5.44. The number of rotatable bonds is 4. The molecule has 0 saturated heterocycles. The summed E-state index contributed by atoms with van der Waals surface area (Å²) in [5.41, 5.74) is 1.41. The second-order valence-corrected chi connectivity index (χ2v) is 4.40. The van der Waals surface area contributed by atoms with Crippen LogP contribution in [0.25, 0.3) is 0 Å². The smallest absolute Gasteiger partial charge is 0.171 e. The Balaban J connectivity index is 2.23. The van der Waals surface area contributed by atoms with Crippen molar-refractivity contribution in [1.82, 2.24) is 9.78 Å². The van der Waals surface area contributed by atoms with E-state index in [9.17, 15) is 4.79 Å². The monoisotopic (exact) mass is 264 g/mol. The number of ketones is 1. The molecular weight excluding hydrogens is 252 g/mol. The Hall–Kier alpha value is -1.81. The van der Waals surface area contributed by atoms with E-state index in [0.29, 0.717) is 22.8 Å². The number of Topliss-reactive ketones (excluding diaryl/α,β-unsaturated/α-hetero) is 1. The Morgan fingerprint density at radius 2 is 2.28 bits per heavy atom. The van der Waals surface area contributed by atoms with E-state index in [4.69, 9.17) is 16.3 Å². The van der Waals surface area contributed by atoms with Crippen LogP contribution in [0.4, 0.5) is 0 Å². The largest absolute Gasteiger partial charge is 0.496 e. The molecule has 0 radical (unpaired) electrons. The Morgan fingerprint density at radius 1 is 1.50 bits per heavy atom. The fourth-order valence-corrected chi connectivity index (χ4v) is 1.90. The van der Waals surface area contributed by atoms with Crippen LogP contribution >= 0.6 is 11.6 Å². The number of hydrogen-bond acceptors (Lipinski definition) is 3. The van der Waals surface area contributed by atoms with E-state index in [2.05, 4.69) is 5.10 Å². The average Bonchev–Trinajstić information content (AvgIpc) is 2.74. The van der Waals surface area contributed by atoms with Gasteiger partial charge in [0.15, 0.2) is 5.78 Å².